The van der Waals surface area contributed by atoms with Crippen LogP contribution >= 0.6 is 11.3 Å². The molecule has 0 aromatic carbocycles. The quantitative estimate of drug-likeness (QED) is 0.359. The SMILES string of the molecule is O=C(CC[C@]1(CC2CC2)CCCN1)c1ccnc(-c2cnn3ccc(-c4cccs4)nc23)c1. The molecule has 5 heterocycles. The van der Waals surface area contributed by atoms with Crippen LogP contribution in [0.25, 0.3) is 27.5 Å². The van der Waals surface area contributed by atoms with E-state index in [1.54, 1.807) is 28.2 Å². The fourth-order valence-electron chi connectivity index (χ4n) is 5.09. The number of carbonyl (C=O) groups excluding carboxylic acids is 1. The van der Waals surface area contributed by atoms with Crippen molar-refractivity contribution in [1.29, 1.82) is 0 Å². The van der Waals surface area contributed by atoms with Crippen LogP contribution in [0.1, 0.15) is 55.3 Å². The van der Waals surface area contributed by atoms with Crippen molar-refractivity contribution in [2.75, 3.05) is 6.54 Å². The van der Waals surface area contributed by atoms with E-state index in [0.717, 1.165) is 46.4 Å². The maximum absolute atomic E-state index is 13.1. The van der Waals surface area contributed by atoms with Gasteiger partial charge in [-0.3, -0.25) is 9.78 Å². The van der Waals surface area contributed by atoms with Gasteiger partial charge in [0.25, 0.3) is 0 Å². The predicted octanol–water partition coefficient (Wildman–Crippen LogP) is 5.41. The van der Waals surface area contributed by atoms with Crippen LogP contribution in [0.4, 0.5) is 0 Å². The van der Waals surface area contributed by atoms with Crippen LogP contribution in [0.3, 0.4) is 0 Å². The maximum Gasteiger partial charge on any atom is 0.165 e. The molecule has 4 aromatic rings. The average molecular weight is 458 g/mol. The highest BCUT2D eigenvalue weighted by atomic mass is 32.1. The van der Waals surface area contributed by atoms with Crippen molar-refractivity contribution in [1.82, 2.24) is 24.9 Å². The number of rotatable bonds is 8. The number of thiophene rings is 1. The molecule has 4 aromatic heterocycles. The minimum atomic E-state index is 0.164. The minimum absolute atomic E-state index is 0.164. The van der Waals surface area contributed by atoms with Gasteiger partial charge in [-0.2, -0.15) is 5.10 Å². The Labute approximate surface area is 197 Å². The van der Waals surface area contributed by atoms with Gasteiger partial charge in [-0.05, 0) is 67.8 Å². The van der Waals surface area contributed by atoms with Gasteiger partial charge < -0.3 is 5.32 Å². The van der Waals surface area contributed by atoms with Gasteiger partial charge in [0.15, 0.2) is 11.4 Å². The molecule has 1 saturated carbocycles. The van der Waals surface area contributed by atoms with Crippen molar-refractivity contribution in [3.8, 4) is 21.8 Å². The van der Waals surface area contributed by atoms with Gasteiger partial charge >= 0.3 is 0 Å². The van der Waals surface area contributed by atoms with Crippen LogP contribution in [0.2, 0.25) is 0 Å². The Bertz CT molecular complexity index is 1290. The lowest BCUT2D eigenvalue weighted by atomic mass is 9.85. The molecule has 33 heavy (non-hydrogen) atoms. The molecule has 2 aliphatic rings. The molecule has 0 amide bonds. The lowest BCUT2D eigenvalue weighted by Gasteiger charge is -2.29. The Morgan fingerprint density at radius 2 is 2.18 bits per heavy atom. The number of ketones is 1. The van der Waals surface area contributed by atoms with Crippen LogP contribution < -0.4 is 5.32 Å². The summed E-state index contributed by atoms with van der Waals surface area (Å²) in [7, 11) is 0. The number of fused-ring (bicyclic) bond motifs is 1. The van der Waals surface area contributed by atoms with E-state index in [1.165, 1.54) is 32.1 Å². The van der Waals surface area contributed by atoms with E-state index in [0.29, 0.717) is 12.0 Å². The number of hydrogen-bond acceptors (Lipinski definition) is 6. The van der Waals surface area contributed by atoms with Crippen LogP contribution in [0.5, 0.6) is 0 Å². The first kappa shape index (κ1) is 20.7. The highest BCUT2D eigenvalue weighted by Gasteiger charge is 2.38. The normalized spacial score (nSPS) is 20.5. The first-order valence-electron chi connectivity index (χ1n) is 11.8. The van der Waals surface area contributed by atoms with E-state index in [1.807, 2.05) is 35.8 Å². The molecule has 1 aliphatic heterocycles. The second-order valence-electron chi connectivity index (χ2n) is 9.43. The largest absolute Gasteiger partial charge is 0.311 e. The summed E-state index contributed by atoms with van der Waals surface area (Å²) in [6.07, 6.45) is 13.3. The van der Waals surface area contributed by atoms with Crippen LogP contribution in [-0.2, 0) is 0 Å². The third kappa shape index (κ3) is 4.23. The van der Waals surface area contributed by atoms with E-state index in [-0.39, 0.29) is 11.3 Å². The van der Waals surface area contributed by atoms with Gasteiger partial charge in [0.2, 0.25) is 0 Å². The Morgan fingerprint density at radius 1 is 1.24 bits per heavy atom. The van der Waals surface area contributed by atoms with Gasteiger partial charge in [0.05, 0.1) is 28.0 Å². The van der Waals surface area contributed by atoms with Gasteiger partial charge in [0.1, 0.15) is 0 Å². The summed E-state index contributed by atoms with van der Waals surface area (Å²) >= 11 is 1.66. The first-order chi connectivity index (χ1) is 16.2. The Morgan fingerprint density at radius 3 is 2.97 bits per heavy atom. The molecule has 1 aliphatic carbocycles. The lowest BCUT2D eigenvalue weighted by Crippen LogP contribution is -2.40. The molecular formula is C26H27N5OS. The highest BCUT2D eigenvalue weighted by Crippen LogP contribution is 2.41. The van der Waals surface area contributed by atoms with Crippen molar-refractivity contribution in [3.63, 3.8) is 0 Å². The zero-order chi connectivity index (χ0) is 22.3. The Kier molecular flexibility index (Phi) is 5.31. The molecule has 0 bridgehead atoms. The summed E-state index contributed by atoms with van der Waals surface area (Å²) < 4.78 is 1.76. The third-order valence-corrected chi connectivity index (χ3v) is 7.93. The molecule has 7 heteroatoms. The number of hydrogen-bond donors (Lipinski definition) is 1. The van der Waals surface area contributed by atoms with E-state index >= 15 is 0 Å². The van der Waals surface area contributed by atoms with E-state index in [4.69, 9.17) is 4.98 Å². The number of aromatic nitrogens is 4. The van der Waals surface area contributed by atoms with Crippen molar-refractivity contribution in [2.24, 2.45) is 5.92 Å². The molecule has 0 spiro atoms. The van der Waals surface area contributed by atoms with Crippen molar-refractivity contribution in [2.45, 2.75) is 50.5 Å². The molecule has 6 rings (SSSR count). The maximum atomic E-state index is 13.1. The lowest BCUT2D eigenvalue weighted by molar-refractivity contribution is 0.0965. The Hall–Kier alpha value is -2.90. The first-order valence-corrected chi connectivity index (χ1v) is 12.7. The second-order valence-corrected chi connectivity index (χ2v) is 10.4. The highest BCUT2D eigenvalue weighted by molar-refractivity contribution is 7.13. The standard InChI is InChI=1S/C26H27N5OS/c32-23(6-10-26(9-2-11-28-26)16-18-4-5-18)19-7-12-27-22(15-19)20-17-29-31-13-8-21(30-25(20)31)24-3-1-14-33-24/h1,3,7-8,12-15,17-18,28H,2,4-6,9-11,16H2/t26-/m0/s1. The van der Waals surface area contributed by atoms with Crippen molar-refractivity contribution >= 4 is 22.8 Å². The summed E-state index contributed by atoms with van der Waals surface area (Å²) in [5, 5.41) is 10.2. The molecule has 1 N–H and O–H groups in total. The number of nitrogens with one attached hydrogen (secondary N) is 1. The number of pyridine rings is 1. The van der Waals surface area contributed by atoms with Crippen LogP contribution in [0.15, 0.2) is 54.3 Å². The molecule has 1 saturated heterocycles. The van der Waals surface area contributed by atoms with Crippen LogP contribution in [0, 0.1) is 5.92 Å². The predicted molar refractivity (Wildman–Crippen MR) is 130 cm³/mol. The third-order valence-electron chi connectivity index (χ3n) is 7.04. The number of Topliss-reactive ketones (excluding diaryl/α,β-unsaturated/α-hetero) is 1. The molecule has 1 atom stereocenters. The van der Waals surface area contributed by atoms with Gasteiger partial charge in [-0.25, -0.2) is 9.50 Å². The van der Waals surface area contributed by atoms with Crippen molar-refractivity contribution < 1.29 is 4.79 Å². The molecule has 0 unspecified atom stereocenters. The van der Waals surface area contributed by atoms with Gasteiger partial charge in [-0.1, -0.05) is 18.9 Å². The monoisotopic (exact) mass is 457 g/mol. The smallest absolute Gasteiger partial charge is 0.165 e. The molecule has 6 nitrogen and oxygen atoms in total. The molecular weight excluding hydrogens is 430 g/mol. The van der Waals surface area contributed by atoms with E-state index in [2.05, 4.69) is 21.5 Å². The zero-order valence-corrected chi connectivity index (χ0v) is 19.4. The fourth-order valence-corrected chi connectivity index (χ4v) is 5.79. The molecule has 168 valence electrons. The van der Waals surface area contributed by atoms with Gasteiger partial charge in [-0.15, -0.1) is 11.3 Å². The summed E-state index contributed by atoms with van der Waals surface area (Å²) in [6, 6.07) is 9.78. The summed E-state index contributed by atoms with van der Waals surface area (Å²) in [5.41, 5.74) is 4.11. The second kappa shape index (κ2) is 8.47. The summed E-state index contributed by atoms with van der Waals surface area (Å²) in [5.74, 6) is 1.05. The summed E-state index contributed by atoms with van der Waals surface area (Å²) in [6.45, 7) is 1.08. The molecule has 2 fully saturated rings. The number of carbonyl (C=O) groups is 1. The zero-order valence-electron chi connectivity index (χ0n) is 18.5. The Balaban J connectivity index is 1.24. The molecule has 0 radical (unpaired) electrons. The van der Waals surface area contributed by atoms with Crippen molar-refractivity contribution in [3.05, 3.63) is 59.9 Å². The van der Waals surface area contributed by atoms with Crippen LogP contribution in [-0.4, -0.2) is 37.4 Å². The van der Waals surface area contributed by atoms with E-state index < -0.39 is 0 Å². The van der Waals surface area contributed by atoms with Gasteiger partial charge in [0, 0.05) is 29.9 Å². The fraction of sp³-hybridized carbons (Fsp3) is 0.385. The minimum Gasteiger partial charge on any atom is -0.311 e. The average Bonchev–Trinajstić information content (AvgIpc) is 3.26. The van der Waals surface area contributed by atoms with E-state index in [9.17, 15) is 4.79 Å². The topological polar surface area (TPSA) is 72.2 Å². The summed E-state index contributed by atoms with van der Waals surface area (Å²) in [4.78, 5) is 23.7. The number of nitrogens with zero attached hydrogens (tertiary/aromatic N) is 4.